The van der Waals surface area contributed by atoms with Crippen molar-refractivity contribution in [2.45, 2.75) is 5.16 Å². The molecule has 1 amide bonds. The number of amides is 1. The van der Waals surface area contributed by atoms with Crippen LogP contribution < -0.4 is 5.32 Å². The Labute approximate surface area is 73.0 Å². The van der Waals surface area contributed by atoms with E-state index in [1.807, 2.05) is 0 Å². The Kier molecular flexibility index (Phi) is 2.92. The Morgan fingerprint density at radius 1 is 1.83 bits per heavy atom. The zero-order chi connectivity index (χ0) is 8.97. The second-order valence-electron chi connectivity index (χ2n) is 1.92. The number of aryl methyl sites for hydroxylation is 1. The molecular weight excluding hydrogens is 180 g/mol. The lowest BCUT2D eigenvalue weighted by Gasteiger charge is -1.97. The number of carbonyl (C=O) groups excluding carboxylic acids is 1. The van der Waals surface area contributed by atoms with Gasteiger partial charge < -0.3 is 5.32 Å². The van der Waals surface area contributed by atoms with Crippen LogP contribution in [-0.4, -0.2) is 26.7 Å². The summed E-state index contributed by atoms with van der Waals surface area (Å²) in [5.74, 6) is 0.217. The van der Waals surface area contributed by atoms with Crippen LogP contribution in [0.5, 0.6) is 0 Å². The predicted molar refractivity (Wildman–Crippen MR) is 40.9 cm³/mol. The van der Waals surface area contributed by atoms with Crippen molar-refractivity contribution in [3.05, 3.63) is 6.33 Å². The molecule has 0 aliphatic carbocycles. The average Bonchev–Trinajstić information content (AvgIpc) is 2.36. The van der Waals surface area contributed by atoms with E-state index in [1.165, 1.54) is 18.1 Å². The van der Waals surface area contributed by atoms with Crippen LogP contribution in [0.15, 0.2) is 11.5 Å². The lowest BCUT2D eigenvalue weighted by molar-refractivity contribution is 0.170. The van der Waals surface area contributed by atoms with Gasteiger partial charge in [0.25, 0.3) is 0 Å². The summed E-state index contributed by atoms with van der Waals surface area (Å²) in [6, 6.07) is 0. The van der Waals surface area contributed by atoms with E-state index in [1.54, 1.807) is 11.7 Å². The number of hydrogen-bond acceptors (Lipinski definition) is 4. The SMILES string of the molecule is Cn1ncnc1SCNC([O])=O. The number of nitrogens with zero attached hydrogens (tertiary/aromatic N) is 3. The fourth-order valence-corrected chi connectivity index (χ4v) is 1.25. The summed E-state index contributed by atoms with van der Waals surface area (Å²) in [5, 5.41) is 16.5. The second-order valence-corrected chi connectivity index (χ2v) is 2.86. The van der Waals surface area contributed by atoms with E-state index in [2.05, 4.69) is 15.4 Å². The first-order valence-corrected chi connectivity index (χ1v) is 4.10. The molecule has 0 atom stereocenters. The smallest absolute Gasteiger partial charge is 0.309 e. The third kappa shape index (κ3) is 2.42. The number of rotatable bonds is 3. The van der Waals surface area contributed by atoms with Crippen molar-refractivity contribution in [2.24, 2.45) is 7.05 Å². The summed E-state index contributed by atoms with van der Waals surface area (Å²) in [4.78, 5) is 13.8. The minimum Gasteiger partial charge on any atom is -0.309 e. The lowest BCUT2D eigenvalue weighted by Crippen LogP contribution is -2.18. The lowest BCUT2D eigenvalue weighted by atomic mass is 11.1. The molecule has 0 aromatic carbocycles. The normalized spacial score (nSPS) is 9.75. The Morgan fingerprint density at radius 2 is 2.58 bits per heavy atom. The quantitative estimate of drug-likeness (QED) is 0.533. The third-order valence-electron chi connectivity index (χ3n) is 1.09. The first kappa shape index (κ1) is 8.85. The number of thioether (sulfide) groups is 1. The van der Waals surface area contributed by atoms with Crippen molar-refractivity contribution >= 4 is 17.9 Å². The number of aromatic nitrogens is 3. The molecule has 1 aromatic rings. The van der Waals surface area contributed by atoms with Gasteiger partial charge in [-0.05, 0) is 0 Å². The van der Waals surface area contributed by atoms with Crippen LogP contribution in [-0.2, 0) is 12.2 Å². The first-order valence-electron chi connectivity index (χ1n) is 3.12. The van der Waals surface area contributed by atoms with Gasteiger partial charge in [-0.1, -0.05) is 11.8 Å². The molecule has 1 radical (unpaired) electrons. The molecule has 0 bridgehead atoms. The molecule has 12 heavy (non-hydrogen) atoms. The third-order valence-corrected chi connectivity index (χ3v) is 2.00. The molecule has 1 N–H and O–H groups in total. The first-order chi connectivity index (χ1) is 5.70. The van der Waals surface area contributed by atoms with Crippen molar-refractivity contribution < 1.29 is 9.90 Å². The van der Waals surface area contributed by atoms with Crippen molar-refractivity contribution in [1.29, 1.82) is 0 Å². The molecule has 65 valence electrons. The molecule has 1 rings (SSSR count). The Balaban J connectivity index is 2.33. The number of carbonyl (C=O) groups is 1. The predicted octanol–water partition coefficient (Wildman–Crippen LogP) is 0.00480. The van der Waals surface area contributed by atoms with Gasteiger partial charge in [0.15, 0.2) is 5.16 Å². The van der Waals surface area contributed by atoms with Crippen LogP contribution in [0, 0.1) is 0 Å². The maximum absolute atomic E-state index is 9.93. The molecule has 7 heteroatoms. The summed E-state index contributed by atoms with van der Waals surface area (Å²) in [6.45, 7) is 0. The molecule has 1 aromatic heterocycles. The van der Waals surface area contributed by atoms with Gasteiger partial charge in [-0.15, -0.1) is 0 Å². The Morgan fingerprint density at radius 3 is 3.08 bits per heavy atom. The van der Waals surface area contributed by atoms with Gasteiger partial charge in [-0.3, -0.25) is 0 Å². The van der Waals surface area contributed by atoms with Crippen LogP contribution in [0.4, 0.5) is 4.79 Å². The van der Waals surface area contributed by atoms with Crippen molar-refractivity contribution in [3.8, 4) is 0 Å². The molecule has 1 heterocycles. The summed E-state index contributed by atoms with van der Waals surface area (Å²) >= 11 is 1.24. The minimum absolute atomic E-state index is 0.217. The zero-order valence-corrected chi connectivity index (χ0v) is 7.17. The molecule has 0 spiro atoms. The van der Waals surface area contributed by atoms with Gasteiger partial charge in [0.2, 0.25) is 0 Å². The van der Waals surface area contributed by atoms with E-state index in [0.717, 1.165) is 0 Å². The zero-order valence-electron chi connectivity index (χ0n) is 6.35. The monoisotopic (exact) mass is 187 g/mol. The van der Waals surface area contributed by atoms with E-state index in [0.29, 0.717) is 5.16 Å². The van der Waals surface area contributed by atoms with Gasteiger partial charge >= 0.3 is 6.09 Å². The van der Waals surface area contributed by atoms with Crippen LogP contribution in [0.2, 0.25) is 0 Å². The summed E-state index contributed by atoms with van der Waals surface area (Å²) in [7, 11) is 1.73. The van der Waals surface area contributed by atoms with Crippen LogP contribution in [0.25, 0.3) is 0 Å². The van der Waals surface area contributed by atoms with E-state index in [4.69, 9.17) is 0 Å². The van der Waals surface area contributed by atoms with E-state index >= 15 is 0 Å². The Hall–Kier alpha value is -1.24. The van der Waals surface area contributed by atoms with Gasteiger partial charge in [0.1, 0.15) is 6.33 Å². The highest BCUT2D eigenvalue weighted by Crippen LogP contribution is 2.10. The second kappa shape index (κ2) is 3.96. The molecular formula is C5H7N4O2S. The Bertz CT molecular complexity index is 274. The van der Waals surface area contributed by atoms with Crippen molar-refractivity contribution in [3.63, 3.8) is 0 Å². The minimum atomic E-state index is -1.29. The number of hydrogen-bond donors (Lipinski definition) is 1. The molecule has 0 aliphatic rings. The van der Waals surface area contributed by atoms with Crippen molar-refractivity contribution in [2.75, 3.05) is 5.88 Å². The summed E-state index contributed by atoms with van der Waals surface area (Å²) < 4.78 is 1.56. The fraction of sp³-hybridized carbons (Fsp3) is 0.400. The highest BCUT2D eigenvalue weighted by Gasteiger charge is 2.01. The number of nitrogens with one attached hydrogen (secondary N) is 1. The van der Waals surface area contributed by atoms with Crippen molar-refractivity contribution in [1.82, 2.24) is 20.1 Å². The highest BCUT2D eigenvalue weighted by atomic mass is 32.2. The summed E-state index contributed by atoms with van der Waals surface area (Å²) in [6.07, 6.45) is 0.117. The summed E-state index contributed by atoms with van der Waals surface area (Å²) in [5.41, 5.74) is 0. The average molecular weight is 187 g/mol. The topological polar surface area (TPSA) is 79.7 Å². The molecule has 0 saturated heterocycles. The van der Waals surface area contributed by atoms with E-state index in [-0.39, 0.29) is 5.88 Å². The molecule has 0 saturated carbocycles. The molecule has 0 unspecified atom stereocenters. The van der Waals surface area contributed by atoms with Crippen LogP contribution in [0.3, 0.4) is 0 Å². The largest absolute Gasteiger partial charge is 0.451 e. The highest BCUT2D eigenvalue weighted by molar-refractivity contribution is 7.99. The maximum Gasteiger partial charge on any atom is 0.451 e. The molecule has 0 fully saturated rings. The fourth-order valence-electron chi connectivity index (χ4n) is 0.576. The van der Waals surface area contributed by atoms with Gasteiger partial charge in [-0.25, -0.2) is 19.6 Å². The van der Waals surface area contributed by atoms with E-state index in [9.17, 15) is 9.90 Å². The standard InChI is InChI=1S/C5H7N4O2S/c1-9-4(6-2-8-9)12-3-7-5(10)11/h2,7H,3H2,1H3. The van der Waals surface area contributed by atoms with Gasteiger partial charge in [-0.2, -0.15) is 5.10 Å². The molecule has 0 aliphatic heterocycles. The van der Waals surface area contributed by atoms with E-state index < -0.39 is 6.09 Å². The van der Waals surface area contributed by atoms with Crippen LogP contribution >= 0.6 is 11.8 Å². The van der Waals surface area contributed by atoms with Crippen LogP contribution in [0.1, 0.15) is 0 Å². The van der Waals surface area contributed by atoms with Gasteiger partial charge in [0, 0.05) is 7.05 Å². The van der Waals surface area contributed by atoms with Gasteiger partial charge in [0.05, 0.1) is 5.88 Å². The molecule has 6 nitrogen and oxygen atoms in total. The maximum atomic E-state index is 9.93.